The van der Waals surface area contributed by atoms with Crippen LogP contribution in [0.3, 0.4) is 0 Å². The third-order valence-corrected chi connectivity index (χ3v) is 4.66. The number of phenols is 1. The summed E-state index contributed by atoms with van der Waals surface area (Å²) < 4.78 is 6.05. The van der Waals surface area contributed by atoms with Crippen LogP contribution in [0.5, 0.6) is 11.5 Å². The summed E-state index contributed by atoms with van der Waals surface area (Å²) in [6.45, 7) is 4.39. The van der Waals surface area contributed by atoms with Gasteiger partial charge in [-0.15, -0.1) is 0 Å². The molecule has 0 bridgehead atoms. The van der Waals surface area contributed by atoms with E-state index >= 15 is 0 Å². The number of fused-ring (bicyclic) bond motifs is 2. The summed E-state index contributed by atoms with van der Waals surface area (Å²) in [5.74, 6) is 1.02. The SMILES string of the molecule is CCC1Oc2c(O)cccc2C12CCN(C)CC2. The highest BCUT2D eigenvalue weighted by Gasteiger charge is 2.49. The minimum absolute atomic E-state index is 0.120. The van der Waals surface area contributed by atoms with Crippen LogP contribution in [-0.4, -0.2) is 36.2 Å². The molecule has 1 aromatic carbocycles. The molecule has 1 fully saturated rings. The molecule has 0 amide bonds. The van der Waals surface area contributed by atoms with E-state index in [1.807, 2.05) is 6.07 Å². The Balaban J connectivity index is 2.05. The van der Waals surface area contributed by atoms with Crippen molar-refractivity contribution in [1.82, 2.24) is 4.90 Å². The fourth-order valence-electron chi connectivity index (χ4n) is 3.55. The third-order valence-electron chi connectivity index (χ3n) is 4.66. The molecule has 1 saturated heterocycles. The molecule has 1 N–H and O–H groups in total. The van der Waals surface area contributed by atoms with E-state index < -0.39 is 0 Å². The molecule has 1 atom stereocenters. The molecule has 2 aliphatic heterocycles. The average Bonchev–Trinajstić information content (AvgIpc) is 2.69. The normalized spacial score (nSPS) is 26.0. The summed E-state index contributed by atoms with van der Waals surface area (Å²) in [6.07, 6.45) is 3.46. The highest BCUT2D eigenvalue weighted by molar-refractivity contribution is 5.53. The van der Waals surface area contributed by atoms with E-state index in [4.69, 9.17) is 4.74 Å². The van der Waals surface area contributed by atoms with E-state index in [1.165, 1.54) is 5.56 Å². The summed E-state index contributed by atoms with van der Waals surface area (Å²) >= 11 is 0. The Morgan fingerprint density at radius 2 is 2.11 bits per heavy atom. The van der Waals surface area contributed by atoms with Crippen LogP contribution >= 0.6 is 0 Å². The van der Waals surface area contributed by atoms with E-state index in [0.29, 0.717) is 5.75 Å². The summed E-state index contributed by atoms with van der Waals surface area (Å²) in [6, 6.07) is 5.80. The number of nitrogens with zero attached hydrogens (tertiary/aromatic N) is 1. The Kier molecular flexibility index (Phi) is 2.74. The lowest BCUT2D eigenvalue weighted by Crippen LogP contribution is -2.46. The molecule has 0 saturated carbocycles. The standard InChI is InChI=1S/C15H21NO2/c1-3-13-15(7-9-16(2)10-8-15)11-5-4-6-12(17)14(11)18-13/h4-6,13,17H,3,7-10H2,1-2H3. The van der Waals surface area contributed by atoms with E-state index in [0.717, 1.165) is 38.1 Å². The maximum absolute atomic E-state index is 9.98. The number of likely N-dealkylation sites (tertiary alicyclic amines) is 1. The number of hydrogen-bond donors (Lipinski definition) is 1. The number of para-hydroxylation sites is 1. The van der Waals surface area contributed by atoms with Gasteiger partial charge in [0.05, 0.1) is 0 Å². The van der Waals surface area contributed by atoms with Crippen LogP contribution in [-0.2, 0) is 5.41 Å². The van der Waals surface area contributed by atoms with E-state index in [2.05, 4.69) is 24.9 Å². The number of piperidine rings is 1. The van der Waals surface area contributed by atoms with Crippen molar-refractivity contribution in [2.24, 2.45) is 0 Å². The molecule has 2 aliphatic rings. The lowest BCUT2D eigenvalue weighted by molar-refractivity contribution is 0.0825. The van der Waals surface area contributed by atoms with Crippen LogP contribution in [0.1, 0.15) is 31.7 Å². The van der Waals surface area contributed by atoms with Gasteiger partial charge in [-0.2, -0.15) is 0 Å². The molecule has 0 aliphatic carbocycles. The van der Waals surface area contributed by atoms with Crippen LogP contribution in [0.4, 0.5) is 0 Å². The first kappa shape index (κ1) is 11.8. The molecule has 3 nitrogen and oxygen atoms in total. The number of aromatic hydroxyl groups is 1. The third kappa shape index (κ3) is 1.53. The summed E-state index contributed by atoms with van der Waals surface area (Å²) in [5, 5.41) is 9.98. The van der Waals surface area contributed by atoms with Gasteiger partial charge in [0.1, 0.15) is 6.10 Å². The fraction of sp³-hybridized carbons (Fsp3) is 0.600. The largest absolute Gasteiger partial charge is 0.504 e. The zero-order chi connectivity index (χ0) is 12.8. The molecule has 18 heavy (non-hydrogen) atoms. The topological polar surface area (TPSA) is 32.7 Å². The minimum Gasteiger partial charge on any atom is -0.504 e. The van der Waals surface area contributed by atoms with Gasteiger partial charge in [0.15, 0.2) is 11.5 Å². The van der Waals surface area contributed by atoms with Gasteiger partial charge >= 0.3 is 0 Å². The van der Waals surface area contributed by atoms with Crippen LogP contribution in [0, 0.1) is 0 Å². The summed E-state index contributed by atoms with van der Waals surface area (Å²) in [4.78, 5) is 2.37. The highest BCUT2D eigenvalue weighted by Crippen LogP contribution is 2.52. The Morgan fingerprint density at radius 1 is 1.39 bits per heavy atom. The molecular weight excluding hydrogens is 226 g/mol. The molecule has 1 spiro atoms. The van der Waals surface area contributed by atoms with Gasteiger partial charge in [-0.3, -0.25) is 0 Å². The Hall–Kier alpha value is -1.22. The van der Waals surface area contributed by atoms with Gasteiger partial charge in [-0.1, -0.05) is 19.1 Å². The van der Waals surface area contributed by atoms with E-state index in [9.17, 15) is 5.11 Å². The zero-order valence-electron chi connectivity index (χ0n) is 11.1. The first-order valence-corrected chi connectivity index (χ1v) is 6.85. The van der Waals surface area contributed by atoms with Crippen molar-refractivity contribution in [1.29, 1.82) is 0 Å². The molecular formula is C15H21NO2. The van der Waals surface area contributed by atoms with Crippen molar-refractivity contribution >= 4 is 0 Å². The van der Waals surface area contributed by atoms with Crippen LogP contribution in [0.25, 0.3) is 0 Å². The number of phenolic OH excluding ortho intramolecular Hbond substituents is 1. The summed E-state index contributed by atoms with van der Waals surface area (Å²) in [7, 11) is 2.17. The van der Waals surface area contributed by atoms with E-state index in [-0.39, 0.29) is 11.5 Å². The van der Waals surface area contributed by atoms with Crippen molar-refractivity contribution in [3.05, 3.63) is 23.8 Å². The lowest BCUT2D eigenvalue weighted by Gasteiger charge is -2.40. The quantitative estimate of drug-likeness (QED) is 0.827. The number of benzene rings is 1. The molecule has 1 unspecified atom stereocenters. The second kappa shape index (κ2) is 4.16. The maximum Gasteiger partial charge on any atom is 0.165 e. The molecule has 2 heterocycles. The molecule has 3 rings (SSSR count). The van der Waals surface area contributed by atoms with Gasteiger partial charge in [0.25, 0.3) is 0 Å². The monoisotopic (exact) mass is 247 g/mol. The molecule has 0 aromatic heterocycles. The van der Waals surface area contributed by atoms with Crippen molar-refractivity contribution < 1.29 is 9.84 Å². The van der Waals surface area contributed by atoms with Gasteiger partial charge < -0.3 is 14.7 Å². The molecule has 98 valence electrons. The maximum atomic E-state index is 9.98. The fourth-order valence-corrected chi connectivity index (χ4v) is 3.55. The van der Waals surface area contributed by atoms with Gasteiger partial charge in [0, 0.05) is 11.0 Å². The van der Waals surface area contributed by atoms with E-state index in [1.54, 1.807) is 6.07 Å². The lowest BCUT2D eigenvalue weighted by atomic mass is 9.69. The Bertz CT molecular complexity index is 450. The average molecular weight is 247 g/mol. The van der Waals surface area contributed by atoms with Crippen molar-refractivity contribution in [2.45, 2.75) is 37.7 Å². The van der Waals surface area contributed by atoms with Crippen LogP contribution in [0.15, 0.2) is 18.2 Å². The highest BCUT2D eigenvalue weighted by atomic mass is 16.5. The predicted octanol–water partition coefficient (Wildman–Crippen LogP) is 2.53. The first-order chi connectivity index (χ1) is 8.67. The van der Waals surface area contributed by atoms with Crippen molar-refractivity contribution in [3.8, 4) is 11.5 Å². The molecule has 1 aromatic rings. The van der Waals surface area contributed by atoms with Gasteiger partial charge in [-0.05, 0) is 45.5 Å². The second-order valence-electron chi connectivity index (χ2n) is 5.63. The number of ether oxygens (including phenoxy) is 1. The minimum atomic E-state index is 0.120. The van der Waals surface area contributed by atoms with Crippen molar-refractivity contribution in [2.75, 3.05) is 20.1 Å². The smallest absolute Gasteiger partial charge is 0.165 e. The summed E-state index contributed by atoms with van der Waals surface area (Å²) in [5.41, 5.74) is 1.34. The Labute approximate surface area is 108 Å². The van der Waals surface area contributed by atoms with Crippen LogP contribution in [0.2, 0.25) is 0 Å². The Morgan fingerprint density at radius 3 is 2.78 bits per heavy atom. The molecule has 3 heteroatoms. The van der Waals surface area contributed by atoms with Crippen LogP contribution < -0.4 is 4.74 Å². The second-order valence-corrected chi connectivity index (χ2v) is 5.63. The zero-order valence-corrected chi connectivity index (χ0v) is 11.1. The van der Waals surface area contributed by atoms with Gasteiger partial charge in [0.2, 0.25) is 0 Å². The predicted molar refractivity (Wildman–Crippen MR) is 71.2 cm³/mol. The molecule has 0 radical (unpaired) electrons. The van der Waals surface area contributed by atoms with Gasteiger partial charge in [-0.25, -0.2) is 0 Å². The first-order valence-electron chi connectivity index (χ1n) is 6.85. The van der Waals surface area contributed by atoms with Crippen molar-refractivity contribution in [3.63, 3.8) is 0 Å². The number of rotatable bonds is 1. The number of hydrogen-bond acceptors (Lipinski definition) is 3.